The largest absolute Gasteiger partial charge is 0.396 e. The molecule has 1 fully saturated rings. The Hall–Kier alpha value is -0.120. The number of rotatable bonds is 4. The highest BCUT2D eigenvalue weighted by Crippen LogP contribution is 2.23. The lowest BCUT2D eigenvalue weighted by molar-refractivity contribution is -0.0628. The first kappa shape index (κ1) is 11.0. The van der Waals surface area contributed by atoms with Gasteiger partial charge in [0, 0.05) is 19.3 Å². The Balaban J connectivity index is 2.19. The molecule has 1 aliphatic rings. The van der Waals surface area contributed by atoms with E-state index in [-0.39, 0.29) is 12.2 Å². The van der Waals surface area contributed by atoms with E-state index in [9.17, 15) is 0 Å². The number of aliphatic hydroxyl groups excluding tert-OH is 1. The summed E-state index contributed by atoms with van der Waals surface area (Å²) in [5.41, 5.74) is 0.0229. The number of hydrogen-bond acceptors (Lipinski definition) is 3. The summed E-state index contributed by atoms with van der Waals surface area (Å²) in [5.74, 6) is 0. The fraction of sp³-hybridized carbons (Fsp3) is 1.00. The maximum absolute atomic E-state index is 8.63. The van der Waals surface area contributed by atoms with Gasteiger partial charge in [0.1, 0.15) is 0 Å². The predicted molar refractivity (Wildman–Crippen MR) is 52.8 cm³/mol. The number of ether oxygens (including phenoxy) is 1. The Morgan fingerprint density at radius 1 is 1.54 bits per heavy atom. The van der Waals surface area contributed by atoms with Crippen LogP contribution in [0.25, 0.3) is 0 Å². The molecule has 0 bridgehead atoms. The van der Waals surface area contributed by atoms with Crippen molar-refractivity contribution in [3.8, 4) is 0 Å². The molecule has 1 rings (SSSR count). The molecule has 0 aromatic heterocycles. The second-order valence-corrected chi connectivity index (χ2v) is 4.33. The standard InChI is InChI=1S/C10H21NO2/c1-10(2)8-9(4-7-13-10)11-5-3-6-12/h9,11-12H,3-8H2,1-2H3. The lowest BCUT2D eigenvalue weighted by atomic mass is 9.94. The first-order chi connectivity index (χ1) is 6.14. The molecule has 1 heterocycles. The summed E-state index contributed by atoms with van der Waals surface area (Å²) >= 11 is 0. The van der Waals surface area contributed by atoms with Crippen LogP contribution in [0, 0.1) is 0 Å². The maximum Gasteiger partial charge on any atom is 0.0641 e. The van der Waals surface area contributed by atoms with Crippen LogP contribution in [-0.2, 0) is 4.74 Å². The SMILES string of the molecule is CC1(C)CC(NCCCO)CCO1. The second kappa shape index (κ2) is 4.94. The Morgan fingerprint density at radius 3 is 2.92 bits per heavy atom. The van der Waals surface area contributed by atoms with Crippen LogP contribution in [0.3, 0.4) is 0 Å². The predicted octanol–water partition coefficient (Wildman–Crippen LogP) is 0.916. The van der Waals surface area contributed by atoms with Gasteiger partial charge in [-0.1, -0.05) is 0 Å². The summed E-state index contributed by atoms with van der Waals surface area (Å²) in [6.45, 7) is 6.31. The van der Waals surface area contributed by atoms with E-state index in [1.165, 1.54) is 0 Å². The third kappa shape index (κ3) is 4.07. The Kier molecular flexibility index (Phi) is 4.16. The molecule has 0 saturated carbocycles. The van der Waals surface area contributed by atoms with Crippen LogP contribution in [0.5, 0.6) is 0 Å². The van der Waals surface area contributed by atoms with E-state index in [1.807, 2.05) is 0 Å². The molecule has 0 amide bonds. The molecule has 0 aromatic rings. The average molecular weight is 187 g/mol. The van der Waals surface area contributed by atoms with Crippen LogP contribution in [0.4, 0.5) is 0 Å². The number of hydrogen-bond donors (Lipinski definition) is 2. The van der Waals surface area contributed by atoms with E-state index in [2.05, 4.69) is 19.2 Å². The molecular formula is C10H21NO2. The van der Waals surface area contributed by atoms with E-state index in [0.717, 1.165) is 32.4 Å². The molecule has 1 aliphatic heterocycles. The lowest BCUT2D eigenvalue weighted by Crippen LogP contribution is -2.44. The van der Waals surface area contributed by atoms with Crippen molar-refractivity contribution in [2.75, 3.05) is 19.8 Å². The van der Waals surface area contributed by atoms with E-state index < -0.39 is 0 Å². The molecule has 0 aliphatic carbocycles. The quantitative estimate of drug-likeness (QED) is 0.643. The van der Waals surface area contributed by atoms with Crippen molar-refractivity contribution in [2.45, 2.75) is 44.8 Å². The molecule has 2 N–H and O–H groups in total. The van der Waals surface area contributed by atoms with Crippen molar-refractivity contribution in [1.82, 2.24) is 5.32 Å². The smallest absolute Gasteiger partial charge is 0.0641 e. The van der Waals surface area contributed by atoms with E-state index in [1.54, 1.807) is 0 Å². The van der Waals surface area contributed by atoms with Crippen molar-refractivity contribution in [2.24, 2.45) is 0 Å². The van der Waals surface area contributed by atoms with Gasteiger partial charge in [0.05, 0.1) is 5.60 Å². The third-order valence-electron chi connectivity index (χ3n) is 2.46. The monoisotopic (exact) mass is 187 g/mol. The van der Waals surface area contributed by atoms with Gasteiger partial charge in [0.15, 0.2) is 0 Å². The zero-order valence-electron chi connectivity index (χ0n) is 8.68. The van der Waals surface area contributed by atoms with Crippen LogP contribution < -0.4 is 5.32 Å². The van der Waals surface area contributed by atoms with Crippen molar-refractivity contribution >= 4 is 0 Å². The average Bonchev–Trinajstić information content (AvgIpc) is 2.03. The van der Waals surface area contributed by atoms with Crippen molar-refractivity contribution in [1.29, 1.82) is 0 Å². The van der Waals surface area contributed by atoms with Gasteiger partial charge in [-0.15, -0.1) is 0 Å². The lowest BCUT2D eigenvalue weighted by Gasteiger charge is -2.35. The van der Waals surface area contributed by atoms with Crippen LogP contribution in [0.15, 0.2) is 0 Å². The first-order valence-electron chi connectivity index (χ1n) is 5.12. The zero-order valence-corrected chi connectivity index (χ0v) is 8.68. The third-order valence-corrected chi connectivity index (χ3v) is 2.46. The van der Waals surface area contributed by atoms with Crippen LogP contribution in [0.1, 0.15) is 33.1 Å². The van der Waals surface area contributed by atoms with Crippen LogP contribution in [0.2, 0.25) is 0 Å². The minimum atomic E-state index is 0.0229. The first-order valence-corrected chi connectivity index (χ1v) is 5.12. The molecule has 3 heteroatoms. The topological polar surface area (TPSA) is 41.5 Å². The summed E-state index contributed by atoms with van der Waals surface area (Å²) in [7, 11) is 0. The van der Waals surface area contributed by atoms with Crippen molar-refractivity contribution < 1.29 is 9.84 Å². The summed E-state index contributed by atoms with van der Waals surface area (Å²) < 4.78 is 5.61. The molecule has 1 unspecified atom stereocenters. The van der Waals surface area contributed by atoms with Gasteiger partial charge >= 0.3 is 0 Å². The maximum atomic E-state index is 8.63. The second-order valence-electron chi connectivity index (χ2n) is 4.33. The summed E-state index contributed by atoms with van der Waals surface area (Å²) in [6, 6.07) is 0.565. The highest BCUT2D eigenvalue weighted by molar-refractivity contribution is 4.82. The van der Waals surface area contributed by atoms with Gasteiger partial charge in [0.2, 0.25) is 0 Å². The molecule has 1 atom stereocenters. The van der Waals surface area contributed by atoms with Crippen molar-refractivity contribution in [3.05, 3.63) is 0 Å². The van der Waals surface area contributed by atoms with Gasteiger partial charge in [-0.2, -0.15) is 0 Å². The van der Waals surface area contributed by atoms with Gasteiger partial charge in [0.25, 0.3) is 0 Å². The summed E-state index contributed by atoms with van der Waals surface area (Å²) in [6.07, 6.45) is 3.01. The summed E-state index contributed by atoms with van der Waals surface area (Å²) in [5, 5.41) is 12.1. The van der Waals surface area contributed by atoms with Crippen molar-refractivity contribution in [3.63, 3.8) is 0 Å². The van der Waals surface area contributed by atoms with E-state index >= 15 is 0 Å². The number of nitrogens with one attached hydrogen (secondary N) is 1. The van der Waals surface area contributed by atoms with Gasteiger partial charge in [-0.05, 0) is 39.7 Å². The minimum absolute atomic E-state index is 0.0229. The molecule has 0 aromatic carbocycles. The molecular weight excluding hydrogens is 166 g/mol. The van der Waals surface area contributed by atoms with E-state index in [0.29, 0.717) is 6.04 Å². The molecule has 13 heavy (non-hydrogen) atoms. The summed E-state index contributed by atoms with van der Waals surface area (Å²) in [4.78, 5) is 0. The minimum Gasteiger partial charge on any atom is -0.396 e. The molecule has 78 valence electrons. The molecule has 0 radical (unpaired) electrons. The Labute approximate surface area is 80.5 Å². The van der Waals surface area contributed by atoms with Gasteiger partial charge < -0.3 is 15.2 Å². The normalized spacial score (nSPS) is 27.5. The number of aliphatic hydroxyl groups is 1. The van der Waals surface area contributed by atoms with Gasteiger partial charge in [-0.3, -0.25) is 0 Å². The van der Waals surface area contributed by atoms with Crippen LogP contribution in [-0.4, -0.2) is 36.5 Å². The van der Waals surface area contributed by atoms with E-state index in [4.69, 9.17) is 9.84 Å². The molecule has 0 spiro atoms. The fourth-order valence-electron chi connectivity index (χ4n) is 1.79. The highest BCUT2D eigenvalue weighted by atomic mass is 16.5. The van der Waals surface area contributed by atoms with Gasteiger partial charge in [-0.25, -0.2) is 0 Å². The Bertz CT molecular complexity index is 148. The molecule has 1 saturated heterocycles. The fourth-order valence-corrected chi connectivity index (χ4v) is 1.79. The Morgan fingerprint density at radius 2 is 2.31 bits per heavy atom. The molecule has 3 nitrogen and oxygen atoms in total. The van der Waals surface area contributed by atoms with Crippen LogP contribution >= 0.6 is 0 Å². The zero-order chi connectivity index (χ0) is 9.73. The highest BCUT2D eigenvalue weighted by Gasteiger charge is 2.28.